The minimum atomic E-state index is 0.0597. The Hall–Kier alpha value is -1.66. The maximum absolute atomic E-state index is 12.3. The molecule has 0 aliphatic carbocycles. The van der Waals surface area contributed by atoms with Gasteiger partial charge in [0.1, 0.15) is 6.61 Å². The third-order valence-corrected chi connectivity index (χ3v) is 5.01. The number of pyridine rings is 1. The Labute approximate surface area is 144 Å². The third-order valence-electron chi connectivity index (χ3n) is 5.01. The van der Waals surface area contributed by atoms with Gasteiger partial charge in [-0.15, -0.1) is 0 Å². The summed E-state index contributed by atoms with van der Waals surface area (Å²) in [6, 6.07) is 4.42. The number of hydrogen-bond acceptors (Lipinski definition) is 5. The standard InChI is InChI=1S/C18H28N4O2/c1-14-11-15(21-9-7-20(2)8-10-21)12-16(19-14)17-5-4-6-22(17)18(23)13-24-3/h11-12,17H,4-10,13H2,1-3H3. The molecule has 1 amide bonds. The number of nitrogens with zero attached hydrogens (tertiary/aromatic N) is 4. The van der Waals surface area contributed by atoms with Crippen LogP contribution in [0.1, 0.15) is 30.3 Å². The molecule has 0 radical (unpaired) electrons. The molecule has 1 aromatic rings. The zero-order valence-corrected chi connectivity index (χ0v) is 15.0. The molecule has 1 atom stereocenters. The molecule has 2 aliphatic heterocycles. The van der Waals surface area contributed by atoms with Gasteiger partial charge in [-0.1, -0.05) is 0 Å². The van der Waals surface area contributed by atoms with Crippen LogP contribution in [-0.2, 0) is 9.53 Å². The quantitative estimate of drug-likeness (QED) is 0.835. The van der Waals surface area contributed by atoms with Gasteiger partial charge < -0.3 is 19.4 Å². The van der Waals surface area contributed by atoms with Crippen molar-refractivity contribution in [1.82, 2.24) is 14.8 Å². The van der Waals surface area contributed by atoms with E-state index in [0.717, 1.165) is 57.0 Å². The lowest BCUT2D eigenvalue weighted by Crippen LogP contribution is -2.44. The molecule has 0 aromatic carbocycles. The van der Waals surface area contributed by atoms with Crippen molar-refractivity contribution in [3.63, 3.8) is 0 Å². The SMILES string of the molecule is COCC(=O)N1CCCC1c1cc(N2CCN(C)CC2)cc(C)n1. The van der Waals surface area contributed by atoms with Crippen LogP contribution in [-0.4, -0.2) is 74.2 Å². The molecule has 0 N–H and O–H groups in total. The van der Waals surface area contributed by atoms with Crippen molar-refractivity contribution in [2.75, 3.05) is 58.4 Å². The summed E-state index contributed by atoms with van der Waals surface area (Å²) in [7, 11) is 3.73. The summed E-state index contributed by atoms with van der Waals surface area (Å²) < 4.78 is 5.03. The summed E-state index contributed by atoms with van der Waals surface area (Å²) in [5.74, 6) is 0.0597. The molecule has 2 fully saturated rings. The summed E-state index contributed by atoms with van der Waals surface area (Å²) in [5.41, 5.74) is 3.27. The lowest BCUT2D eigenvalue weighted by molar-refractivity contribution is -0.136. The number of likely N-dealkylation sites (tertiary alicyclic amines) is 1. The highest BCUT2D eigenvalue weighted by atomic mass is 16.5. The number of piperazine rings is 1. The smallest absolute Gasteiger partial charge is 0.249 e. The summed E-state index contributed by atoms with van der Waals surface area (Å²) >= 11 is 0. The fourth-order valence-corrected chi connectivity index (χ4v) is 3.67. The van der Waals surface area contributed by atoms with E-state index < -0.39 is 0 Å². The van der Waals surface area contributed by atoms with Crippen molar-refractivity contribution in [3.05, 3.63) is 23.5 Å². The first-order chi connectivity index (χ1) is 11.6. The zero-order chi connectivity index (χ0) is 17.1. The van der Waals surface area contributed by atoms with E-state index >= 15 is 0 Å². The van der Waals surface area contributed by atoms with E-state index in [1.807, 2.05) is 11.8 Å². The maximum atomic E-state index is 12.3. The van der Waals surface area contributed by atoms with Crippen LogP contribution >= 0.6 is 0 Å². The molecule has 0 spiro atoms. The fourth-order valence-electron chi connectivity index (χ4n) is 3.67. The maximum Gasteiger partial charge on any atom is 0.249 e. The minimum absolute atomic E-state index is 0.0597. The van der Waals surface area contributed by atoms with E-state index in [0.29, 0.717) is 0 Å². The number of methoxy groups -OCH3 is 1. The molecule has 1 unspecified atom stereocenters. The molecule has 6 nitrogen and oxygen atoms in total. The number of aromatic nitrogens is 1. The van der Waals surface area contributed by atoms with Crippen molar-refractivity contribution < 1.29 is 9.53 Å². The van der Waals surface area contributed by atoms with Crippen molar-refractivity contribution in [1.29, 1.82) is 0 Å². The van der Waals surface area contributed by atoms with Gasteiger partial charge in [0.2, 0.25) is 5.91 Å². The van der Waals surface area contributed by atoms with Crippen LogP contribution in [0, 0.1) is 6.92 Å². The number of likely N-dealkylation sites (N-methyl/N-ethyl adjacent to an activating group) is 1. The molecular weight excluding hydrogens is 304 g/mol. The predicted octanol–water partition coefficient (Wildman–Crippen LogP) is 1.45. The number of rotatable bonds is 4. The number of carbonyl (C=O) groups is 1. The molecule has 132 valence electrons. The lowest BCUT2D eigenvalue weighted by Gasteiger charge is -2.34. The van der Waals surface area contributed by atoms with Crippen LogP contribution in [0.3, 0.4) is 0 Å². The Morgan fingerprint density at radius 1 is 1.25 bits per heavy atom. The Kier molecular flexibility index (Phi) is 5.36. The third kappa shape index (κ3) is 3.70. The average molecular weight is 332 g/mol. The van der Waals surface area contributed by atoms with Gasteiger partial charge in [-0.2, -0.15) is 0 Å². The molecule has 0 saturated carbocycles. The van der Waals surface area contributed by atoms with Gasteiger partial charge in [0, 0.05) is 51.2 Å². The Balaban J connectivity index is 1.81. The fraction of sp³-hybridized carbons (Fsp3) is 0.667. The first-order valence-electron chi connectivity index (χ1n) is 8.79. The van der Waals surface area contributed by atoms with E-state index in [-0.39, 0.29) is 18.6 Å². The second-order valence-electron chi connectivity index (χ2n) is 6.86. The van der Waals surface area contributed by atoms with Crippen LogP contribution in [0.5, 0.6) is 0 Å². The van der Waals surface area contributed by atoms with Gasteiger partial charge in [0.15, 0.2) is 0 Å². The number of ether oxygens (including phenoxy) is 1. The van der Waals surface area contributed by atoms with Gasteiger partial charge in [0.25, 0.3) is 0 Å². The summed E-state index contributed by atoms with van der Waals surface area (Å²) in [6.07, 6.45) is 2.01. The molecule has 1 aromatic heterocycles. The van der Waals surface area contributed by atoms with Crippen molar-refractivity contribution in [3.8, 4) is 0 Å². The van der Waals surface area contributed by atoms with Gasteiger partial charge >= 0.3 is 0 Å². The Morgan fingerprint density at radius 2 is 2.00 bits per heavy atom. The number of hydrogen-bond donors (Lipinski definition) is 0. The average Bonchev–Trinajstić information content (AvgIpc) is 3.05. The minimum Gasteiger partial charge on any atom is -0.375 e. The largest absolute Gasteiger partial charge is 0.375 e. The van der Waals surface area contributed by atoms with Gasteiger partial charge in [-0.25, -0.2) is 0 Å². The van der Waals surface area contributed by atoms with Crippen LogP contribution in [0.2, 0.25) is 0 Å². The van der Waals surface area contributed by atoms with Gasteiger partial charge in [-0.3, -0.25) is 9.78 Å². The van der Waals surface area contributed by atoms with Crippen LogP contribution < -0.4 is 4.90 Å². The predicted molar refractivity (Wildman–Crippen MR) is 94.2 cm³/mol. The van der Waals surface area contributed by atoms with Crippen LogP contribution in [0.25, 0.3) is 0 Å². The molecular formula is C18H28N4O2. The van der Waals surface area contributed by atoms with Crippen LogP contribution in [0.15, 0.2) is 12.1 Å². The highest BCUT2D eigenvalue weighted by Crippen LogP contribution is 2.33. The van der Waals surface area contributed by atoms with E-state index in [9.17, 15) is 4.79 Å². The number of anilines is 1. The Morgan fingerprint density at radius 3 is 2.71 bits per heavy atom. The van der Waals surface area contributed by atoms with Crippen molar-refractivity contribution >= 4 is 11.6 Å². The highest BCUT2D eigenvalue weighted by molar-refractivity contribution is 5.78. The number of aryl methyl sites for hydroxylation is 1. The molecule has 2 saturated heterocycles. The molecule has 6 heteroatoms. The highest BCUT2D eigenvalue weighted by Gasteiger charge is 2.31. The van der Waals surface area contributed by atoms with Gasteiger partial charge in [0.05, 0.1) is 11.7 Å². The van der Waals surface area contributed by atoms with E-state index in [1.165, 1.54) is 5.69 Å². The molecule has 0 bridgehead atoms. The molecule has 3 heterocycles. The summed E-state index contributed by atoms with van der Waals surface area (Å²) in [6.45, 7) is 7.23. The monoisotopic (exact) mass is 332 g/mol. The first-order valence-corrected chi connectivity index (χ1v) is 8.79. The molecule has 3 rings (SSSR count). The second-order valence-corrected chi connectivity index (χ2v) is 6.86. The molecule has 2 aliphatic rings. The number of amides is 1. The van der Waals surface area contributed by atoms with E-state index in [1.54, 1.807) is 7.11 Å². The molecule has 24 heavy (non-hydrogen) atoms. The second kappa shape index (κ2) is 7.49. The van der Waals surface area contributed by atoms with Crippen LogP contribution in [0.4, 0.5) is 5.69 Å². The zero-order valence-electron chi connectivity index (χ0n) is 15.0. The number of carbonyl (C=O) groups excluding carboxylic acids is 1. The van der Waals surface area contributed by atoms with Crippen molar-refractivity contribution in [2.24, 2.45) is 0 Å². The van der Waals surface area contributed by atoms with Crippen molar-refractivity contribution in [2.45, 2.75) is 25.8 Å². The topological polar surface area (TPSA) is 48.9 Å². The Bertz CT molecular complexity index is 584. The normalized spacial score (nSPS) is 22.2. The van der Waals surface area contributed by atoms with E-state index in [4.69, 9.17) is 9.72 Å². The first kappa shape index (κ1) is 17.2. The van der Waals surface area contributed by atoms with Gasteiger partial charge in [-0.05, 0) is 38.9 Å². The lowest BCUT2D eigenvalue weighted by atomic mass is 10.1. The van der Waals surface area contributed by atoms with E-state index in [2.05, 4.69) is 29.0 Å². The summed E-state index contributed by atoms with van der Waals surface area (Å²) in [5, 5.41) is 0. The summed E-state index contributed by atoms with van der Waals surface area (Å²) in [4.78, 5) is 23.7.